The molecule has 2 aliphatic carbocycles. The molecule has 0 aromatic heterocycles. The maximum Gasteiger partial charge on any atom is 0.260 e. The number of amides is 4. The average Bonchev–Trinajstić information content (AvgIpc) is 3.62. The minimum absolute atomic E-state index is 0.102. The van der Waals surface area contributed by atoms with Crippen LogP contribution in [-0.4, -0.2) is 74.3 Å². The lowest BCUT2D eigenvalue weighted by atomic mass is 9.49. The molecule has 12 nitrogen and oxygen atoms in total. The second-order valence-electron chi connectivity index (χ2n) is 15.3. The van der Waals surface area contributed by atoms with Gasteiger partial charge in [0, 0.05) is 29.7 Å². The first-order chi connectivity index (χ1) is 28.1. The van der Waals surface area contributed by atoms with E-state index < -0.39 is 46.8 Å². The number of benzene rings is 4. The van der Waals surface area contributed by atoms with E-state index in [4.69, 9.17) is 37.4 Å². The molecular weight excluding hydrogens is 783 g/mol. The van der Waals surface area contributed by atoms with Crippen LogP contribution in [0.4, 0.5) is 17.1 Å². The van der Waals surface area contributed by atoms with Crippen LogP contribution >= 0.6 is 23.2 Å². The van der Waals surface area contributed by atoms with Gasteiger partial charge >= 0.3 is 0 Å². The van der Waals surface area contributed by atoms with Gasteiger partial charge < -0.3 is 24.2 Å². The van der Waals surface area contributed by atoms with Crippen molar-refractivity contribution in [2.24, 2.45) is 23.7 Å². The van der Waals surface area contributed by atoms with Crippen molar-refractivity contribution in [3.05, 3.63) is 118 Å². The van der Waals surface area contributed by atoms with Gasteiger partial charge in [-0.05, 0) is 96.6 Å². The second kappa shape index (κ2) is 14.7. The molecule has 4 fully saturated rings. The summed E-state index contributed by atoms with van der Waals surface area (Å²) in [7, 11) is 2.98. The lowest BCUT2D eigenvalue weighted by molar-refractivity contribution is -0.138. The number of phenolic OH excluding ortho intramolecular Hbond substituents is 1. The zero-order valence-electron chi connectivity index (χ0n) is 31.7. The number of imide groups is 2. The summed E-state index contributed by atoms with van der Waals surface area (Å²) in [5, 5.41) is 12.3. The zero-order valence-corrected chi connectivity index (χ0v) is 33.2. The highest BCUT2D eigenvalue weighted by atomic mass is 35.5. The van der Waals surface area contributed by atoms with Gasteiger partial charge in [0.05, 0.1) is 67.0 Å². The van der Waals surface area contributed by atoms with Gasteiger partial charge in [0.25, 0.3) is 11.8 Å². The smallest absolute Gasteiger partial charge is 0.260 e. The van der Waals surface area contributed by atoms with Crippen LogP contribution in [0.1, 0.15) is 29.9 Å². The van der Waals surface area contributed by atoms with Crippen LogP contribution in [0.2, 0.25) is 10.0 Å². The number of anilines is 3. The van der Waals surface area contributed by atoms with Gasteiger partial charge in [-0.25, -0.2) is 0 Å². The lowest BCUT2D eigenvalue weighted by Crippen LogP contribution is -2.53. The summed E-state index contributed by atoms with van der Waals surface area (Å²) in [6.07, 6.45) is 2.34. The Kier molecular flexibility index (Phi) is 9.61. The number of aromatic hydroxyl groups is 1. The highest BCUT2D eigenvalue weighted by Gasteiger charge is 2.70. The fraction of sp³-hybridized carbons (Fsp3) is 0.318. The molecule has 298 valence electrons. The van der Waals surface area contributed by atoms with Crippen molar-refractivity contribution < 1.29 is 38.5 Å². The number of ether oxygens (including phenoxy) is 3. The molecule has 9 rings (SSSR count). The zero-order chi connectivity index (χ0) is 40.5. The van der Waals surface area contributed by atoms with Crippen molar-refractivity contribution in [1.29, 1.82) is 0 Å². The van der Waals surface area contributed by atoms with Crippen molar-refractivity contribution in [2.45, 2.75) is 24.2 Å². The second-order valence-corrected chi connectivity index (χ2v) is 16.1. The summed E-state index contributed by atoms with van der Waals surface area (Å²) in [5.41, 5.74) is 5.10. The molecule has 1 saturated carbocycles. The van der Waals surface area contributed by atoms with E-state index in [2.05, 4.69) is 10.3 Å². The SMILES string of the molecule is COc1ccc(C23C(=O)N(Nc4ccc(Cl)cc4Cl)C(=O)C2CC2C(=CCC4C(=O)N(c5ccc(N6CCOCC6)cc5)C(=O)C42)C3c2ccc(O)c(OC)c2)cc1. The van der Waals surface area contributed by atoms with Gasteiger partial charge in [0.1, 0.15) is 5.75 Å². The van der Waals surface area contributed by atoms with Crippen LogP contribution in [0, 0.1) is 23.7 Å². The molecule has 58 heavy (non-hydrogen) atoms. The standard InChI is InChI=1S/C44H40Cl2N4O8/c1-56-29-11-4-25(5-12-29)44-33(41(53)50(43(44)55)47-35-15-6-26(45)22-34(35)46)23-32-30(39(44)24-3-16-36(51)37(21-24)57-2)13-14-31-38(32)42(54)49(40(31)52)28-9-7-27(8-10-28)48-17-19-58-20-18-48/h3-13,15-16,21-22,31-33,38-39,47,51H,14,17-20,23H2,1-2H3. The number of carbonyl (C=O) groups excluding carboxylic acids is 4. The Morgan fingerprint density at radius 3 is 2.22 bits per heavy atom. The number of hydrogen-bond acceptors (Lipinski definition) is 10. The van der Waals surface area contributed by atoms with Gasteiger partial charge in [-0.2, -0.15) is 5.01 Å². The Morgan fingerprint density at radius 1 is 0.810 bits per heavy atom. The van der Waals surface area contributed by atoms with E-state index in [1.807, 2.05) is 18.2 Å². The molecule has 14 heteroatoms. The minimum Gasteiger partial charge on any atom is -0.504 e. The molecule has 6 unspecified atom stereocenters. The van der Waals surface area contributed by atoms with Gasteiger partial charge in [-0.15, -0.1) is 0 Å². The van der Waals surface area contributed by atoms with Gasteiger partial charge in [-0.1, -0.05) is 53.1 Å². The number of hydrogen-bond donors (Lipinski definition) is 2. The lowest BCUT2D eigenvalue weighted by Gasteiger charge is -2.50. The molecule has 5 aliphatic rings. The number of halogens is 2. The summed E-state index contributed by atoms with van der Waals surface area (Å²) in [5.74, 6) is -4.97. The molecular formula is C44H40Cl2N4O8. The van der Waals surface area contributed by atoms with Crippen molar-refractivity contribution >= 4 is 63.9 Å². The first-order valence-corrected chi connectivity index (χ1v) is 19.9. The number of phenols is 1. The number of morpholine rings is 1. The number of methoxy groups -OCH3 is 2. The molecule has 3 saturated heterocycles. The molecule has 4 aromatic carbocycles. The molecule has 4 aromatic rings. The van der Waals surface area contributed by atoms with Crippen LogP contribution < -0.4 is 24.7 Å². The number of rotatable bonds is 8. The number of nitrogens with one attached hydrogen (secondary N) is 1. The normalized spacial score (nSPS) is 26.6. The average molecular weight is 824 g/mol. The Balaban J connectivity index is 1.18. The number of nitrogens with zero attached hydrogens (tertiary/aromatic N) is 3. The maximum atomic E-state index is 15.5. The number of carbonyl (C=O) groups is 4. The van der Waals surface area contributed by atoms with Crippen LogP contribution in [0.5, 0.6) is 17.2 Å². The first-order valence-electron chi connectivity index (χ1n) is 19.2. The van der Waals surface area contributed by atoms with Crippen LogP contribution in [-0.2, 0) is 29.3 Å². The van der Waals surface area contributed by atoms with Gasteiger partial charge in [-0.3, -0.25) is 29.5 Å². The minimum atomic E-state index is -1.56. The predicted molar refractivity (Wildman–Crippen MR) is 217 cm³/mol. The molecule has 4 amide bonds. The molecule has 3 heterocycles. The molecule has 0 bridgehead atoms. The number of hydrazine groups is 1. The van der Waals surface area contributed by atoms with E-state index in [-0.39, 0.29) is 41.2 Å². The van der Waals surface area contributed by atoms with Crippen molar-refractivity contribution in [2.75, 3.05) is 55.7 Å². The Morgan fingerprint density at radius 2 is 1.53 bits per heavy atom. The Labute approximate surface area is 344 Å². The number of allylic oxidation sites excluding steroid dienone is 2. The summed E-state index contributed by atoms with van der Waals surface area (Å²) >= 11 is 12.8. The van der Waals surface area contributed by atoms with E-state index in [9.17, 15) is 14.7 Å². The molecule has 0 radical (unpaired) electrons. The largest absolute Gasteiger partial charge is 0.504 e. The third-order valence-corrected chi connectivity index (χ3v) is 13.1. The summed E-state index contributed by atoms with van der Waals surface area (Å²) < 4.78 is 16.6. The van der Waals surface area contributed by atoms with E-state index in [0.29, 0.717) is 46.5 Å². The third kappa shape index (κ3) is 5.83. The van der Waals surface area contributed by atoms with Crippen LogP contribution in [0.3, 0.4) is 0 Å². The quantitative estimate of drug-likeness (QED) is 0.145. The molecule has 3 aliphatic heterocycles. The molecule has 0 spiro atoms. The monoisotopic (exact) mass is 822 g/mol. The van der Waals surface area contributed by atoms with Crippen molar-refractivity contribution in [3.8, 4) is 17.2 Å². The van der Waals surface area contributed by atoms with E-state index in [0.717, 1.165) is 29.4 Å². The highest BCUT2D eigenvalue weighted by Crippen LogP contribution is 2.64. The maximum absolute atomic E-state index is 15.5. The fourth-order valence-electron chi connectivity index (χ4n) is 9.98. The van der Waals surface area contributed by atoms with Crippen molar-refractivity contribution in [3.63, 3.8) is 0 Å². The Bertz CT molecular complexity index is 2370. The van der Waals surface area contributed by atoms with E-state index in [1.165, 1.54) is 24.1 Å². The van der Waals surface area contributed by atoms with E-state index in [1.54, 1.807) is 67.8 Å². The van der Waals surface area contributed by atoms with Crippen LogP contribution in [0.25, 0.3) is 0 Å². The highest BCUT2D eigenvalue weighted by molar-refractivity contribution is 6.36. The summed E-state index contributed by atoms with van der Waals surface area (Å²) in [6.45, 7) is 2.74. The summed E-state index contributed by atoms with van der Waals surface area (Å²) in [6, 6.07) is 24.1. The topological polar surface area (TPSA) is 138 Å². The Hall–Kier alpha value is -5.56. The summed E-state index contributed by atoms with van der Waals surface area (Å²) in [4.78, 5) is 63.1. The predicted octanol–water partition coefficient (Wildman–Crippen LogP) is 6.74. The van der Waals surface area contributed by atoms with E-state index >= 15 is 9.59 Å². The number of fused-ring (bicyclic) bond motifs is 4. The third-order valence-electron chi connectivity index (χ3n) is 12.6. The molecule has 2 N–H and O–H groups in total. The van der Waals surface area contributed by atoms with Gasteiger partial charge in [0.15, 0.2) is 11.5 Å². The van der Waals surface area contributed by atoms with Crippen molar-refractivity contribution in [1.82, 2.24) is 5.01 Å². The fourth-order valence-corrected chi connectivity index (χ4v) is 10.4. The van der Waals surface area contributed by atoms with Crippen LogP contribution in [0.15, 0.2) is 96.6 Å². The molecule has 6 atom stereocenters. The first kappa shape index (κ1) is 38.0. The van der Waals surface area contributed by atoms with Gasteiger partial charge in [0.2, 0.25) is 11.8 Å².